The van der Waals surface area contributed by atoms with Crippen LogP contribution < -0.4 is 5.32 Å². The van der Waals surface area contributed by atoms with Crippen molar-refractivity contribution in [3.63, 3.8) is 0 Å². The minimum Gasteiger partial charge on any atom is -0.460 e. The molecule has 0 fully saturated rings. The van der Waals surface area contributed by atoms with E-state index < -0.39 is 0 Å². The van der Waals surface area contributed by atoms with Crippen molar-refractivity contribution in [1.29, 1.82) is 0 Å². The SMILES string of the molecule is C/C=C/COC(=O)CNc1c(C)cccc1CC. The lowest BCUT2D eigenvalue weighted by Crippen LogP contribution is -2.18. The van der Waals surface area contributed by atoms with Gasteiger partial charge in [-0.05, 0) is 31.4 Å². The van der Waals surface area contributed by atoms with Crippen LogP contribution in [-0.2, 0) is 16.0 Å². The lowest BCUT2D eigenvalue weighted by atomic mass is 10.1. The van der Waals surface area contributed by atoms with Gasteiger partial charge in [-0.25, -0.2) is 0 Å². The van der Waals surface area contributed by atoms with Crippen molar-refractivity contribution in [3.8, 4) is 0 Å². The fourth-order valence-corrected chi connectivity index (χ4v) is 1.72. The van der Waals surface area contributed by atoms with Crippen LogP contribution >= 0.6 is 0 Å². The molecular formula is C15H21NO2. The maximum absolute atomic E-state index is 11.5. The van der Waals surface area contributed by atoms with Crippen molar-refractivity contribution in [2.75, 3.05) is 18.5 Å². The van der Waals surface area contributed by atoms with Crippen LogP contribution in [0.25, 0.3) is 0 Å². The molecule has 0 aliphatic carbocycles. The molecule has 0 aromatic heterocycles. The molecule has 0 radical (unpaired) electrons. The normalized spacial score (nSPS) is 10.6. The van der Waals surface area contributed by atoms with E-state index in [1.807, 2.05) is 38.1 Å². The highest BCUT2D eigenvalue weighted by Gasteiger charge is 2.06. The number of para-hydroxylation sites is 1. The Morgan fingerprint density at radius 1 is 1.44 bits per heavy atom. The molecule has 1 rings (SSSR count). The summed E-state index contributed by atoms with van der Waals surface area (Å²) in [5.41, 5.74) is 3.41. The highest BCUT2D eigenvalue weighted by atomic mass is 16.5. The number of allylic oxidation sites excluding steroid dienone is 1. The second kappa shape index (κ2) is 7.54. The maximum atomic E-state index is 11.5. The molecule has 98 valence electrons. The molecule has 0 atom stereocenters. The van der Waals surface area contributed by atoms with Gasteiger partial charge in [0.15, 0.2) is 0 Å². The third kappa shape index (κ3) is 4.24. The molecule has 0 spiro atoms. The second-order valence-corrected chi connectivity index (χ2v) is 4.07. The average molecular weight is 247 g/mol. The Hall–Kier alpha value is -1.77. The van der Waals surface area contributed by atoms with Gasteiger partial charge in [0.1, 0.15) is 13.2 Å². The molecule has 0 saturated carbocycles. The van der Waals surface area contributed by atoms with Crippen molar-refractivity contribution in [2.24, 2.45) is 0 Å². The Morgan fingerprint density at radius 2 is 2.22 bits per heavy atom. The van der Waals surface area contributed by atoms with E-state index in [2.05, 4.69) is 18.3 Å². The highest BCUT2D eigenvalue weighted by Crippen LogP contribution is 2.20. The number of aryl methyl sites for hydroxylation is 2. The minimum atomic E-state index is -0.238. The molecule has 0 unspecified atom stereocenters. The molecule has 3 nitrogen and oxygen atoms in total. The van der Waals surface area contributed by atoms with E-state index in [0.717, 1.165) is 17.7 Å². The van der Waals surface area contributed by atoms with Crippen molar-refractivity contribution in [2.45, 2.75) is 27.2 Å². The number of esters is 1. The third-order valence-corrected chi connectivity index (χ3v) is 2.73. The van der Waals surface area contributed by atoms with E-state index in [0.29, 0.717) is 6.61 Å². The van der Waals surface area contributed by atoms with E-state index in [1.54, 1.807) is 0 Å². The van der Waals surface area contributed by atoms with Gasteiger partial charge in [0.05, 0.1) is 0 Å². The fourth-order valence-electron chi connectivity index (χ4n) is 1.72. The zero-order valence-electron chi connectivity index (χ0n) is 11.3. The number of rotatable bonds is 6. The van der Waals surface area contributed by atoms with E-state index in [9.17, 15) is 4.79 Å². The first-order valence-electron chi connectivity index (χ1n) is 6.28. The van der Waals surface area contributed by atoms with E-state index >= 15 is 0 Å². The zero-order chi connectivity index (χ0) is 13.4. The summed E-state index contributed by atoms with van der Waals surface area (Å²) in [5, 5.41) is 3.16. The molecule has 0 heterocycles. The van der Waals surface area contributed by atoms with Crippen LogP contribution in [0.1, 0.15) is 25.0 Å². The summed E-state index contributed by atoms with van der Waals surface area (Å²) >= 11 is 0. The summed E-state index contributed by atoms with van der Waals surface area (Å²) in [6.07, 6.45) is 4.61. The van der Waals surface area contributed by atoms with Gasteiger partial charge in [-0.1, -0.05) is 37.3 Å². The molecule has 0 amide bonds. The van der Waals surface area contributed by atoms with Crippen LogP contribution in [0.15, 0.2) is 30.4 Å². The van der Waals surface area contributed by atoms with Crippen molar-refractivity contribution in [1.82, 2.24) is 0 Å². The predicted octanol–water partition coefficient (Wildman–Crippen LogP) is 3.09. The monoisotopic (exact) mass is 247 g/mol. The number of carbonyl (C=O) groups is 1. The zero-order valence-corrected chi connectivity index (χ0v) is 11.3. The molecule has 0 aliphatic rings. The van der Waals surface area contributed by atoms with Gasteiger partial charge in [0, 0.05) is 5.69 Å². The van der Waals surface area contributed by atoms with Gasteiger partial charge < -0.3 is 10.1 Å². The second-order valence-electron chi connectivity index (χ2n) is 4.07. The number of anilines is 1. The Bertz CT molecular complexity index is 425. The summed E-state index contributed by atoms with van der Waals surface area (Å²) < 4.78 is 5.03. The van der Waals surface area contributed by atoms with Crippen molar-refractivity contribution < 1.29 is 9.53 Å². The average Bonchev–Trinajstić information content (AvgIpc) is 2.37. The van der Waals surface area contributed by atoms with Crippen molar-refractivity contribution >= 4 is 11.7 Å². The first-order valence-corrected chi connectivity index (χ1v) is 6.28. The molecule has 0 aliphatic heterocycles. The van der Waals surface area contributed by atoms with E-state index in [-0.39, 0.29) is 12.5 Å². The number of benzene rings is 1. The smallest absolute Gasteiger partial charge is 0.325 e. The third-order valence-electron chi connectivity index (χ3n) is 2.73. The summed E-state index contributed by atoms with van der Waals surface area (Å²) in [6, 6.07) is 6.14. The van der Waals surface area contributed by atoms with Gasteiger partial charge in [-0.2, -0.15) is 0 Å². The highest BCUT2D eigenvalue weighted by molar-refractivity contribution is 5.76. The standard InChI is InChI=1S/C15H21NO2/c1-4-6-10-18-14(17)11-16-15-12(3)8-7-9-13(15)5-2/h4,6-9,16H,5,10-11H2,1-3H3/b6-4+. The number of hydrogen-bond acceptors (Lipinski definition) is 3. The summed E-state index contributed by atoms with van der Waals surface area (Å²) in [7, 11) is 0. The van der Waals surface area contributed by atoms with Crippen LogP contribution in [0.2, 0.25) is 0 Å². The van der Waals surface area contributed by atoms with Gasteiger partial charge in [0.25, 0.3) is 0 Å². The largest absolute Gasteiger partial charge is 0.460 e. The number of carbonyl (C=O) groups excluding carboxylic acids is 1. The Kier molecular flexibility index (Phi) is 5.98. The topological polar surface area (TPSA) is 38.3 Å². The molecular weight excluding hydrogens is 226 g/mol. The summed E-state index contributed by atoms with van der Waals surface area (Å²) in [4.78, 5) is 11.5. The van der Waals surface area contributed by atoms with Crippen LogP contribution in [0.3, 0.4) is 0 Å². The summed E-state index contributed by atoms with van der Waals surface area (Å²) in [5.74, 6) is -0.238. The Balaban J connectivity index is 2.55. The van der Waals surface area contributed by atoms with Gasteiger partial charge >= 0.3 is 5.97 Å². The minimum absolute atomic E-state index is 0.204. The maximum Gasteiger partial charge on any atom is 0.325 e. The summed E-state index contributed by atoms with van der Waals surface area (Å²) in [6.45, 7) is 6.57. The number of nitrogens with one attached hydrogen (secondary N) is 1. The van der Waals surface area contributed by atoms with Crippen LogP contribution in [-0.4, -0.2) is 19.1 Å². The van der Waals surface area contributed by atoms with E-state index in [4.69, 9.17) is 4.74 Å². The van der Waals surface area contributed by atoms with Gasteiger partial charge in [-0.3, -0.25) is 4.79 Å². The van der Waals surface area contributed by atoms with E-state index in [1.165, 1.54) is 5.56 Å². The first kappa shape index (κ1) is 14.3. The fraction of sp³-hybridized carbons (Fsp3) is 0.400. The molecule has 0 bridgehead atoms. The first-order chi connectivity index (χ1) is 8.69. The Morgan fingerprint density at radius 3 is 2.89 bits per heavy atom. The van der Waals surface area contributed by atoms with Crippen LogP contribution in [0.4, 0.5) is 5.69 Å². The molecule has 0 saturated heterocycles. The molecule has 1 aromatic carbocycles. The van der Waals surface area contributed by atoms with Gasteiger partial charge in [0.2, 0.25) is 0 Å². The number of hydrogen-bond donors (Lipinski definition) is 1. The van der Waals surface area contributed by atoms with Crippen LogP contribution in [0, 0.1) is 6.92 Å². The number of ether oxygens (including phenoxy) is 1. The van der Waals surface area contributed by atoms with Crippen molar-refractivity contribution in [3.05, 3.63) is 41.5 Å². The lowest BCUT2D eigenvalue weighted by Gasteiger charge is -2.13. The molecule has 18 heavy (non-hydrogen) atoms. The van der Waals surface area contributed by atoms with Crippen LogP contribution in [0.5, 0.6) is 0 Å². The Labute approximate surface area is 109 Å². The lowest BCUT2D eigenvalue weighted by molar-refractivity contribution is -0.140. The molecule has 1 N–H and O–H groups in total. The molecule has 1 aromatic rings. The molecule has 3 heteroatoms. The predicted molar refractivity (Wildman–Crippen MR) is 74.8 cm³/mol. The quantitative estimate of drug-likeness (QED) is 0.620. The van der Waals surface area contributed by atoms with Gasteiger partial charge in [-0.15, -0.1) is 0 Å².